The van der Waals surface area contributed by atoms with E-state index in [0.29, 0.717) is 18.8 Å². The number of halogens is 1. The molecule has 0 spiro atoms. The highest BCUT2D eigenvalue weighted by Gasteiger charge is 2.18. The Morgan fingerprint density at radius 1 is 1.00 bits per heavy atom. The zero-order valence-corrected chi connectivity index (χ0v) is 16.7. The second-order valence-electron chi connectivity index (χ2n) is 6.83. The van der Waals surface area contributed by atoms with Crippen molar-refractivity contribution in [1.29, 1.82) is 0 Å². The molecule has 1 amide bonds. The monoisotopic (exact) mass is 394 g/mol. The van der Waals surface area contributed by atoms with Crippen LogP contribution in [0.5, 0.6) is 0 Å². The molecule has 150 valence electrons. The van der Waals surface area contributed by atoms with Gasteiger partial charge in [0.05, 0.1) is 5.69 Å². The SMILES string of the molecule is CCN(Cc1ccc(N(C)C)cc1)C(=O)c1ccc(=O)n(-c2ccc(F)cc2)n1. The van der Waals surface area contributed by atoms with E-state index in [1.54, 1.807) is 4.90 Å². The van der Waals surface area contributed by atoms with Gasteiger partial charge in [-0.25, -0.2) is 4.39 Å². The van der Waals surface area contributed by atoms with Crippen LogP contribution >= 0.6 is 0 Å². The summed E-state index contributed by atoms with van der Waals surface area (Å²) >= 11 is 0. The topological polar surface area (TPSA) is 58.4 Å². The van der Waals surface area contributed by atoms with Crippen molar-refractivity contribution in [3.8, 4) is 5.69 Å². The van der Waals surface area contributed by atoms with Gasteiger partial charge in [0, 0.05) is 38.9 Å². The lowest BCUT2D eigenvalue weighted by Crippen LogP contribution is -2.33. The van der Waals surface area contributed by atoms with Crippen molar-refractivity contribution in [2.24, 2.45) is 0 Å². The molecule has 3 rings (SSSR count). The van der Waals surface area contributed by atoms with E-state index in [9.17, 15) is 14.0 Å². The number of benzene rings is 2. The van der Waals surface area contributed by atoms with Crippen LogP contribution in [0.4, 0.5) is 10.1 Å². The molecular formula is C22H23FN4O2. The molecule has 6 nitrogen and oxygen atoms in total. The fourth-order valence-corrected chi connectivity index (χ4v) is 2.90. The lowest BCUT2D eigenvalue weighted by Gasteiger charge is -2.21. The van der Waals surface area contributed by atoms with E-state index in [1.807, 2.05) is 50.2 Å². The molecule has 1 heterocycles. The minimum atomic E-state index is -0.411. The van der Waals surface area contributed by atoms with Crippen LogP contribution in [0.25, 0.3) is 5.69 Å². The van der Waals surface area contributed by atoms with Gasteiger partial charge in [-0.3, -0.25) is 9.59 Å². The van der Waals surface area contributed by atoms with Crippen LogP contribution < -0.4 is 10.5 Å². The lowest BCUT2D eigenvalue weighted by atomic mass is 10.2. The Balaban J connectivity index is 1.84. The number of hydrogen-bond acceptors (Lipinski definition) is 4. The van der Waals surface area contributed by atoms with Gasteiger partial charge in [0.25, 0.3) is 11.5 Å². The van der Waals surface area contributed by atoms with Crippen LogP contribution in [0, 0.1) is 5.82 Å². The summed E-state index contributed by atoms with van der Waals surface area (Å²) in [6, 6.07) is 16.1. The summed E-state index contributed by atoms with van der Waals surface area (Å²) in [6.07, 6.45) is 0. The molecule has 0 aliphatic rings. The number of nitrogens with zero attached hydrogens (tertiary/aromatic N) is 4. The summed E-state index contributed by atoms with van der Waals surface area (Å²) in [6.45, 7) is 2.81. The third-order valence-corrected chi connectivity index (χ3v) is 4.59. The minimum absolute atomic E-state index is 0.153. The Kier molecular flexibility index (Phi) is 6.07. The average molecular weight is 394 g/mol. The molecule has 0 atom stereocenters. The first-order chi connectivity index (χ1) is 13.9. The Labute approximate surface area is 168 Å². The Hall–Kier alpha value is -3.48. The smallest absolute Gasteiger partial charge is 0.274 e. The molecule has 3 aromatic rings. The second-order valence-corrected chi connectivity index (χ2v) is 6.83. The summed E-state index contributed by atoms with van der Waals surface area (Å²) in [7, 11) is 3.94. The van der Waals surface area contributed by atoms with Gasteiger partial charge in [0.1, 0.15) is 11.5 Å². The number of carbonyl (C=O) groups is 1. The van der Waals surface area contributed by atoms with Crippen LogP contribution in [0.3, 0.4) is 0 Å². The number of carbonyl (C=O) groups excluding carboxylic acids is 1. The molecule has 7 heteroatoms. The number of hydrogen-bond donors (Lipinski definition) is 0. The van der Waals surface area contributed by atoms with Gasteiger partial charge < -0.3 is 9.80 Å². The van der Waals surface area contributed by atoms with E-state index in [2.05, 4.69) is 5.10 Å². The molecule has 0 unspecified atom stereocenters. The fourth-order valence-electron chi connectivity index (χ4n) is 2.90. The van der Waals surface area contributed by atoms with Gasteiger partial charge in [-0.05, 0) is 55.0 Å². The molecule has 0 saturated carbocycles. The van der Waals surface area contributed by atoms with E-state index in [0.717, 1.165) is 15.9 Å². The van der Waals surface area contributed by atoms with Crippen molar-refractivity contribution in [2.45, 2.75) is 13.5 Å². The first-order valence-corrected chi connectivity index (χ1v) is 9.31. The molecule has 2 aromatic carbocycles. The zero-order chi connectivity index (χ0) is 21.0. The van der Waals surface area contributed by atoms with Crippen LogP contribution in [0.15, 0.2) is 65.5 Å². The number of anilines is 1. The van der Waals surface area contributed by atoms with Crippen molar-refractivity contribution in [3.63, 3.8) is 0 Å². The maximum atomic E-state index is 13.2. The minimum Gasteiger partial charge on any atom is -0.378 e. The van der Waals surface area contributed by atoms with Gasteiger partial charge in [-0.15, -0.1) is 0 Å². The summed E-state index contributed by atoms with van der Waals surface area (Å²) in [4.78, 5) is 28.8. The van der Waals surface area contributed by atoms with Gasteiger partial charge in [-0.1, -0.05) is 12.1 Å². The standard InChI is InChI=1S/C22H23FN4O2/c1-4-26(15-16-5-9-18(10-6-16)25(2)3)22(29)20-13-14-21(28)27(24-20)19-11-7-17(23)8-12-19/h5-14H,4,15H2,1-3H3. The van der Waals surface area contributed by atoms with Gasteiger partial charge in [0.15, 0.2) is 0 Å². The number of aromatic nitrogens is 2. The molecular weight excluding hydrogens is 371 g/mol. The van der Waals surface area contributed by atoms with E-state index < -0.39 is 11.4 Å². The summed E-state index contributed by atoms with van der Waals surface area (Å²) in [5.74, 6) is -0.688. The third kappa shape index (κ3) is 4.68. The Morgan fingerprint density at radius 2 is 1.66 bits per heavy atom. The van der Waals surface area contributed by atoms with Gasteiger partial charge in [0.2, 0.25) is 0 Å². The lowest BCUT2D eigenvalue weighted by molar-refractivity contribution is 0.0744. The largest absolute Gasteiger partial charge is 0.378 e. The highest BCUT2D eigenvalue weighted by Crippen LogP contribution is 2.15. The quantitative estimate of drug-likeness (QED) is 0.645. The van der Waals surface area contributed by atoms with Crippen molar-refractivity contribution in [3.05, 3.63) is 88.1 Å². The normalized spacial score (nSPS) is 10.6. The first-order valence-electron chi connectivity index (χ1n) is 9.31. The third-order valence-electron chi connectivity index (χ3n) is 4.59. The Bertz CT molecular complexity index is 1040. The van der Waals surface area contributed by atoms with E-state index in [4.69, 9.17) is 0 Å². The van der Waals surface area contributed by atoms with Crippen molar-refractivity contribution in [2.75, 3.05) is 25.5 Å². The second kappa shape index (κ2) is 8.68. The molecule has 0 N–H and O–H groups in total. The molecule has 0 aliphatic heterocycles. The molecule has 1 aromatic heterocycles. The zero-order valence-electron chi connectivity index (χ0n) is 16.7. The number of rotatable bonds is 6. The fraction of sp³-hybridized carbons (Fsp3) is 0.227. The molecule has 0 bridgehead atoms. The van der Waals surface area contributed by atoms with Gasteiger partial charge >= 0.3 is 0 Å². The van der Waals surface area contributed by atoms with Crippen LogP contribution in [0.2, 0.25) is 0 Å². The Morgan fingerprint density at radius 3 is 2.24 bits per heavy atom. The molecule has 0 fully saturated rings. The molecule has 0 saturated heterocycles. The van der Waals surface area contributed by atoms with Crippen LogP contribution in [-0.2, 0) is 6.54 Å². The predicted octanol–water partition coefficient (Wildman–Crippen LogP) is 3.10. The van der Waals surface area contributed by atoms with E-state index >= 15 is 0 Å². The first kappa shape index (κ1) is 20.3. The summed E-state index contributed by atoms with van der Waals surface area (Å²) in [5, 5.41) is 4.20. The van der Waals surface area contributed by atoms with Crippen LogP contribution in [-0.4, -0.2) is 41.2 Å². The van der Waals surface area contributed by atoms with E-state index in [-0.39, 0.29) is 11.6 Å². The maximum absolute atomic E-state index is 13.2. The molecule has 0 aliphatic carbocycles. The maximum Gasteiger partial charge on any atom is 0.274 e. The van der Waals surface area contributed by atoms with Crippen molar-refractivity contribution in [1.82, 2.24) is 14.7 Å². The average Bonchev–Trinajstić information content (AvgIpc) is 2.73. The molecule has 0 radical (unpaired) electrons. The highest BCUT2D eigenvalue weighted by molar-refractivity contribution is 5.92. The molecule has 29 heavy (non-hydrogen) atoms. The van der Waals surface area contributed by atoms with E-state index in [1.165, 1.54) is 36.4 Å². The predicted molar refractivity (Wildman–Crippen MR) is 111 cm³/mol. The van der Waals surface area contributed by atoms with Crippen molar-refractivity contribution < 1.29 is 9.18 Å². The number of amides is 1. The van der Waals surface area contributed by atoms with Gasteiger partial charge in [-0.2, -0.15) is 9.78 Å². The highest BCUT2D eigenvalue weighted by atomic mass is 19.1. The summed E-state index contributed by atoms with van der Waals surface area (Å²) in [5.41, 5.74) is 2.23. The van der Waals surface area contributed by atoms with Crippen molar-refractivity contribution >= 4 is 11.6 Å². The van der Waals surface area contributed by atoms with Crippen LogP contribution in [0.1, 0.15) is 23.0 Å². The summed E-state index contributed by atoms with van der Waals surface area (Å²) < 4.78 is 14.3.